The van der Waals surface area contributed by atoms with E-state index in [1.807, 2.05) is 14.1 Å². The molecule has 1 saturated heterocycles. The van der Waals surface area contributed by atoms with Crippen molar-refractivity contribution in [2.75, 3.05) is 33.8 Å². The fraction of sp³-hybridized carbons (Fsp3) is 0.643. The summed E-state index contributed by atoms with van der Waals surface area (Å²) in [6.07, 6.45) is 2.31. The number of amides is 2. The van der Waals surface area contributed by atoms with Crippen molar-refractivity contribution in [3.05, 3.63) is 22.4 Å². The van der Waals surface area contributed by atoms with Crippen LogP contribution < -0.4 is 10.6 Å². The first-order valence-electron chi connectivity index (χ1n) is 6.98. The number of likely N-dealkylation sites (N-methyl/N-ethyl adjacent to an activating group) is 1. The fourth-order valence-corrected chi connectivity index (χ4v) is 3.03. The van der Waals surface area contributed by atoms with E-state index in [2.05, 4.69) is 32.4 Å². The Morgan fingerprint density at radius 2 is 2.40 bits per heavy atom. The lowest BCUT2D eigenvalue weighted by molar-refractivity contribution is 0.111. The second-order valence-corrected chi connectivity index (χ2v) is 6.04. The minimum atomic E-state index is -0.123. The molecule has 1 fully saturated rings. The monoisotopic (exact) mass is 297 g/mol. The molecule has 0 saturated carbocycles. The molecular formula is C14H23N3O2S. The van der Waals surface area contributed by atoms with Crippen LogP contribution in [0.15, 0.2) is 16.8 Å². The molecule has 2 rings (SSSR count). The van der Waals surface area contributed by atoms with Gasteiger partial charge in [-0.15, -0.1) is 0 Å². The van der Waals surface area contributed by atoms with Crippen molar-refractivity contribution < 1.29 is 9.53 Å². The van der Waals surface area contributed by atoms with Crippen LogP contribution >= 0.6 is 11.3 Å². The van der Waals surface area contributed by atoms with Crippen molar-refractivity contribution in [3.8, 4) is 0 Å². The van der Waals surface area contributed by atoms with Crippen molar-refractivity contribution in [2.24, 2.45) is 0 Å². The normalized spacial score (nSPS) is 20.1. The standard InChI is InChI=1S/C14H23N3O2S/c1-17(2)13(11-5-7-20-10-11)9-16-14(18)15-8-12-4-3-6-19-12/h5,7,10,12-13H,3-4,6,8-9H2,1-2H3,(H2,15,16,18). The highest BCUT2D eigenvalue weighted by Gasteiger charge is 2.18. The van der Waals surface area contributed by atoms with Crippen LogP contribution in [0.5, 0.6) is 0 Å². The predicted molar refractivity (Wildman–Crippen MR) is 81.1 cm³/mol. The van der Waals surface area contributed by atoms with E-state index >= 15 is 0 Å². The lowest BCUT2D eigenvalue weighted by Crippen LogP contribution is -2.42. The summed E-state index contributed by atoms with van der Waals surface area (Å²) in [6, 6.07) is 2.18. The van der Waals surface area contributed by atoms with Crippen molar-refractivity contribution in [3.63, 3.8) is 0 Å². The Labute approximate surface area is 124 Å². The molecule has 0 radical (unpaired) electrons. The first-order valence-corrected chi connectivity index (χ1v) is 7.93. The molecule has 20 heavy (non-hydrogen) atoms. The fourth-order valence-electron chi connectivity index (χ4n) is 2.33. The third kappa shape index (κ3) is 4.47. The summed E-state index contributed by atoms with van der Waals surface area (Å²) in [7, 11) is 4.04. The second kappa shape index (κ2) is 7.61. The molecule has 1 aromatic heterocycles. The van der Waals surface area contributed by atoms with Crippen molar-refractivity contribution in [2.45, 2.75) is 25.0 Å². The van der Waals surface area contributed by atoms with Crippen LogP contribution in [0.2, 0.25) is 0 Å². The van der Waals surface area contributed by atoms with E-state index in [1.54, 1.807) is 11.3 Å². The molecule has 6 heteroatoms. The molecule has 2 amide bonds. The molecule has 2 heterocycles. The first-order chi connectivity index (χ1) is 9.66. The van der Waals surface area contributed by atoms with Gasteiger partial charge in [0, 0.05) is 19.7 Å². The van der Waals surface area contributed by atoms with Gasteiger partial charge in [0.15, 0.2) is 0 Å². The third-order valence-corrected chi connectivity index (χ3v) is 4.22. The Kier molecular flexibility index (Phi) is 5.82. The van der Waals surface area contributed by atoms with E-state index < -0.39 is 0 Å². The van der Waals surface area contributed by atoms with Crippen LogP contribution in [0.3, 0.4) is 0 Å². The van der Waals surface area contributed by atoms with Gasteiger partial charge in [-0.05, 0) is 49.3 Å². The Bertz CT molecular complexity index is 403. The smallest absolute Gasteiger partial charge is 0.314 e. The summed E-state index contributed by atoms with van der Waals surface area (Å²) >= 11 is 1.68. The lowest BCUT2D eigenvalue weighted by Gasteiger charge is -2.24. The van der Waals surface area contributed by atoms with E-state index in [0.29, 0.717) is 13.1 Å². The molecule has 5 nitrogen and oxygen atoms in total. The minimum absolute atomic E-state index is 0.123. The number of thiophene rings is 1. The molecule has 0 aliphatic carbocycles. The van der Waals surface area contributed by atoms with Crippen LogP contribution in [0.1, 0.15) is 24.4 Å². The van der Waals surface area contributed by atoms with Crippen LogP contribution in [0.4, 0.5) is 4.79 Å². The number of hydrogen-bond acceptors (Lipinski definition) is 4. The lowest BCUT2D eigenvalue weighted by atomic mass is 10.1. The Morgan fingerprint density at radius 3 is 3.00 bits per heavy atom. The molecule has 2 atom stereocenters. The first kappa shape index (κ1) is 15.3. The van der Waals surface area contributed by atoms with Gasteiger partial charge < -0.3 is 20.3 Å². The number of rotatable bonds is 6. The number of carbonyl (C=O) groups is 1. The Morgan fingerprint density at radius 1 is 1.55 bits per heavy atom. The van der Waals surface area contributed by atoms with Crippen molar-refractivity contribution in [1.82, 2.24) is 15.5 Å². The number of nitrogens with one attached hydrogen (secondary N) is 2. The molecule has 2 unspecified atom stereocenters. The number of nitrogens with zero attached hydrogens (tertiary/aromatic N) is 1. The van der Waals surface area contributed by atoms with Crippen molar-refractivity contribution in [1.29, 1.82) is 0 Å². The third-order valence-electron chi connectivity index (χ3n) is 3.52. The Balaban J connectivity index is 1.73. The average molecular weight is 297 g/mol. The quantitative estimate of drug-likeness (QED) is 0.842. The van der Waals surface area contributed by atoms with Gasteiger partial charge in [0.1, 0.15) is 0 Å². The van der Waals surface area contributed by atoms with E-state index in [-0.39, 0.29) is 18.2 Å². The SMILES string of the molecule is CN(C)C(CNC(=O)NCC1CCCO1)c1ccsc1. The maximum absolute atomic E-state index is 11.8. The molecule has 1 aliphatic heterocycles. The molecule has 1 aromatic rings. The minimum Gasteiger partial charge on any atom is -0.376 e. The molecule has 2 N–H and O–H groups in total. The van der Waals surface area contributed by atoms with E-state index in [4.69, 9.17) is 4.74 Å². The molecule has 0 aromatic carbocycles. The van der Waals surface area contributed by atoms with Gasteiger partial charge in [-0.25, -0.2) is 4.79 Å². The van der Waals surface area contributed by atoms with Crippen LogP contribution in [0.25, 0.3) is 0 Å². The summed E-state index contributed by atoms with van der Waals surface area (Å²) in [5.41, 5.74) is 1.24. The van der Waals surface area contributed by atoms with Gasteiger partial charge in [0.2, 0.25) is 0 Å². The van der Waals surface area contributed by atoms with Gasteiger partial charge in [0.25, 0.3) is 0 Å². The molecule has 112 valence electrons. The largest absolute Gasteiger partial charge is 0.376 e. The zero-order valence-electron chi connectivity index (χ0n) is 12.1. The number of urea groups is 1. The maximum Gasteiger partial charge on any atom is 0.314 e. The zero-order valence-corrected chi connectivity index (χ0v) is 12.9. The molecule has 1 aliphatic rings. The summed E-state index contributed by atoms with van der Waals surface area (Å²) in [5, 5.41) is 9.99. The summed E-state index contributed by atoms with van der Waals surface area (Å²) in [4.78, 5) is 13.9. The highest BCUT2D eigenvalue weighted by atomic mass is 32.1. The molecular weight excluding hydrogens is 274 g/mol. The zero-order chi connectivity index (χ0) is 14.4. The van der Waals surface area contributed by atoms with Crippen LogP contribution in [0, 0.1) is 0 Å². The van der Waals surface area contributed by atoms with Gasteiger partial charge in [-0.1, -0.05) is 0 Å². The maximum atomic E-state index is 11.8. The summed E-state index contributed by atoms with van der Waals surface area (Å²) < 4.78 is 5.48. The van der Waals surface area contributed by atoms with Gasteiger partial charge >= 0.3 is 6.03 Å². The second-order valence-electron chi connectivity index (χ2n) is 5.26. The highest BCUT2D eigenvalue weighted by Crippen LogP contribution is 2.19. The van der Waals surface area contributed by atoms with Gasteiger partial charge in [-0.2, -0.15) is 11.3 Å². The molecule has 0 bridgehead atoms. The molecule has 0 spiro atoms. The summed E-state index contributed by atoms with van der Waals surface area (Å²) in [5.74, 6) is 0. The predicted octanol–water partition coefficient (Wildman–Crippen LogP) is 1.83. The topological polar surface area (TPSA) is 53.6 Å². The van der Waals surface area contributed by atoms with Crippen LogP contribution in [-0.2, 0) is 4.74 Å². The number of hydrogen-bond donors (Lipinski definition) is 2. The van der Waals surface area contributed by atoms with Gasteiger partial charge in [-0.3, -0.25) is 0 Å². The summed E-state index contributed by atoms with van der Waals surface area (Å²) in [6.45, 7) is 2.01. The highest BCUT2D eigenvalue weighted by molar-refractivity contribution is 7.07. The van der Waals surface area contributed by atoms with E-state index in [9.17, 15) is 4.79 Å². The van der Waals surface area contributed by atoms with E-state index in [0.717, 1.165) is 19.4 Å². The van der Waals surface area contributed by atoms with Crippen molar-refractivity contribution >= 4 is 17.4 Å². The van der Waals surface area contributed by atoms with Crippen LogP contribution in [-0.4, -0.2) is 50.8 Å². The van der Waals surface area contributed by atoms with E-state index in [1.165, 1.54) is 5.56 Å². The Hall–Kier alpha value is -1.11. The number of carbonyl (C=O) groups excluding carboxylic acids is 1. The number of ether oxygens (including phenoxy) is 1. The average Bonchev–Trinajstić information content (AvgIpc) is 3.09. The van der Waals surface area contributed by atoms with Gasteiger partial charge in [0.05, 0.1) is 12.1 Å².